The smallest absolute Gasteiger partial charge is 0.0737 e. The molecule has 0 saturated heterocycles. The lowest BCUT2D eigenvalue weighted by Gasteiger charge is -2.08. The molecule has 2 aliphatic rings. The van der Waals surface area contributed by atoms with E-state index in [2.05, 4.69) is 107 Å². The number of anilines is 1. The number of nitrogen functional groups attached to an aromatic ring is 1. The second kappa shape index (κ2) is 10.2. The molecule has 6 aromatic rings. The molecule has 0 atom stereocenters. The molecule has 3 aromatic heterocycles. The van der Waals surface area contributed by atoms with Gasteiger partial charge in [-0.2, -0.15) is 0 Å². The maximum absolute atomic E-state index is 6.27. The molecule has 5 nitrogen and oxygen atoms in total. The van der Waals surface area contributed by atoms with Gasteiger partial charge in [-0.25, -0.2) is 9.97 Å². The molecule has 0 unspecified atom stereocenters. The molecule has 43 heavy (non-hydrogen) atoms. The highest BCUT2D eigenvalue weighted by Gasteiger charge is 2.17. The monoisotopic (exact) mass is 553 g/mol. The number of nitrogens with one attached hydrogen (secondary N) is 2. The molecule has 0 fully saturated rings. The predicted octanol–water partition coefficient (Wildman–Crippen LogP) is 9.24. The van der Waals surface area contributed by atoms with Crippen LogP contribution in [0, 0.1) is 0 Å². The molecule has 5 heterocycles. The van der Waals surface area contributed by atoms with Crippen LogP contribution in [0.25, 0.3) is 79.8 Å². The Labute approximate surface area is 248 Å². The largest absolute Gasteiger partial charge is 0.399 e. The number of aromatic amines is 2. The standard InChI is InChI=1S/C38H27N5/c39-27-13-7-12-26(20-27)32-23-31-22-29-15-14-28(40-29)21-30-16-17-33(41-30)36(24-8-3-1-4-9-24)34-18-19-35(43-34)37(38(32)42-31)25-10-5-2-6-11-25/h1-23,41-42H,39H2. The van der Waals surface area contributed by atoms with Crippen LogP contribution < -0.4 is 5.73 Å². The van der Waals surface area contributed by atoms with Gasteiger partial charge in [0.05, 0.1) is 28.3 Å². The van der Waals surface area contributed by atoms with Gasteiger partial charge in [0.15, 0.2) is 0 Å². The van der Waals surface area contributed by atoms with Gasteiger partial charge in [-0.1, -0.05) is 72.8 Å². The highest BCUT2D eigenvalue weighted by Crippen LogP contribution is 2.38. The van der Waals surface area contributed by atoms with Crippen molar-refractivity contribution in [3.8, 4) is 33.4 Å². The first-order valence-corrected chi connectivity index (χ1v) is 14.3. The minimum atomic E-state index is 0.716. The number of rotatable bonds is 3. The summed E-state index contributed by atoms with van der Waals surface area (Å²) in [5.74, 6) is 0. The maximum atomic E-state index is 6.27. The molecule has 8 rings (SSSR count). The summed E-state index contributed by atoms with van der Waals surface area (Å²) in [4.78, 5) is 17.6. The molecule has 204 valence electrons. The summed E-state index contributed by atoms with van der Waals surface area (Å²) in [7, 11) is 0. The van der Waals surface area contributed by atoms with Crippen molar-refractivity contribution in [2.75, 3.05) is 5.73 Å². The highest BCUT2D eigenvalue weighted by atomic mass is 14.8. The van der Waals surface area contributed by atoms with E-state index in [1.54, 1.807) is 0 Å². The number of aromatic nitrogens is 4. The molecular formula is C38H27N5. The highest BCUT2D eigenvalue weighted by molar-refractivity contribution is 6.01. The number of benzene rings is 3. The molecule has 5 heteroatoms. The second-order valence-corrected chi connectivity index (χ2v) is 10.7. The van der Waals surface area contributed by atoms with Gasteiger partial charge in [-0.3, -0.25) is 0 Å². The summed E-state index contributed by atoms with van der Waals surface area (Å²) in [6.45, 7) is 0. The lowest BCUT2D eigenvalue weighted by Crippen LogP contribution is -1.89. The van der Waals surface area contributed by atoms with E-state index in [4.69, 9.17) is 15.7 Å². The normalized spacial score (nSPS) is 12.1. The summed E-state index contributed by atoms with van der Waals surface area (Å²) in [6.07, 6.45) is 8.32. The molecule has 4 N–H and O–H groups in total. The van der Waals surface area contributed by atoms with Gasteiger partial charge in [0.1, 0.15) is 0 Å². The van der Waals surface area contributed by atoms with Crippen molar-refractivity contribution >= 4 is 52.1 Å². The van der Waals surface area contributed by atoms with E-state index < -0.39 is 0 Å². The van der Waals surface area contributed by atoms with Crippen LogP contribution in [0.4, 0.5) is 5.69 Å². The molecule has 0 amide bonds. The molecule has 3 aromatic carbocycles. The predicted molar refractivity (Wildman–Crippen MR) is 180 cm³/mol. The van der Waals surface area contributed by atoms with E-state index in [0.717, 1.165) is 78.2 Å². The van der Waals surface area contributed by atoms with Crippen LogP contribution in [0.15, 0.2) is 115 Å². The molecule has 0 spiro atoms. The van der Waals surface area contributed by atoms with Gasteiger partial charge in [-0.15, -0.1) is 0 Å². The lowest BCUT2D eigenvalue weighted by atomic mass is 9.98. The topological polar surface area (TPSA) is 83.4 Å². The number of nitrogens with zero attached hydrogens (tertiary/aromatic N) is 2. The van der Waals surface area contributed by atoms with Crippen LogP contribution in [0.2, 0.25) is 0 Å². The molecule has 0 saturated carbocycles. The first-order valence-electron chi connectivity index (χ1n) is 14.3. The van der Waals surface area contributed by atoms with Crippen molar-refractivity contribution in [1.29, 1.82) is 0 Å². The van der Waals surface area contributed by atoms with Crippen molar-refractivity contribution in [1.82, 2.24) is 19.9 Å². The zero-order valence-electron chi connectivity index (χ0n) is 23.3. The van der Waals surface area contributed by atoms with Crippen molar-refractivity contribution in [3.05, 3.63) is 138 Å². The Balaban J connectivity index is 1.57. The zero-order chi connectivity index (χ0) is 28.8. The fourth-order valence-electron chi connectivity index (χ4n) is 5.91. The third-order valence-corrected chi connectivity index (χ3v) is 7.83. The Bertz CT molecular complexity index is 2240. The van der Waals surface area contributed by atoms with Crippen LogP contribution in [0.1, 0.15) is 22.8 Å². The number of nitrogens with two attached hydrogens (primary N) is 1. The van der Waals surface area contributed by atoms with Gasteiger partial charge < -0.3 is 15.7 Å². The Morgan fingerprint density at radius 2 is 1.14 bits per heavy atom. The Kier molecular flexibility index (Phi) is 5.86. The lowest BCUT2D eigenvalue weighted by molar-refractivity contribution is 1.31. The van der Waals surface area contributed by atoms with E-state index in [9.17, 15) is 0 Å². The van der Waals surface area contributed by atoms with Gasteiger partial charge in [0.25, 0.3) is 0 Å². The Morgan fingerprint density at radius 3 is 1.86 bits per heavy atom. The number of hydrogen-bond acceptors (Lipinski definition) is 3. The zero-order valence-corrected chi connectivity index (χ0v) is 23.3. The average molecular weight is 554 g/mol. The SMILES string of the molecule is Nc1cccc(-c2cc3cc4nc(cc5ccc([nH]5)c(-c5ccccc5)c5nc(c(-c6ccccc6)c2[nH]3)C=C5)C=C4)c1. The Hall–Kier alpha value is -5.94. The summed E-state index contributed by atoms with van der Waals surface area (Å²) in [5.41, 5.74) is 20.7. The first-order chi connectivity index (χ1) is 21.2. The quantitative estimate of drug-likeness (QED) is 0.191. The van der Waals surface area contributed by atoms with Crippen LogP contribution in [0.5, 0.6) is 0 Å². The molecule has 8 bridgehead atoms. The molecular weight excluding hydrogens is 526 g/mol. The average Bonchev–Trinajstić information content (AvgIpc) is 3.84. The fraction of sp³-hybridized carbons (Fsp3) is 0. The third kappa shape index (κ3) is 4.63. The van der Waals surface area contributed by atoms with Crippen molar-refractivity contribution in [3.63, 3.8) is 0 Å². The molecule has 0 aliphatic carbocycles. The van der Waals surface area contributed by atoms with Crippen molar-refractivity contribution in [2.45, 2.75) is 0 Å². The Morgan fingerprint density at radius 1 is 0.488 bits per heavy atom. The number of H-pyrrole nitrogens is 2. The fourth-order valence-corrected chi connectivity index (χ4v) is 5.91. The van der Waals surface area contributed by atoms with Gasteiger partial charge >= 0.3 is 0 Å². The van der Waals surface area contributed by atoms with Crippen molar-refractivity contribution in [2.24, 2.45) is 0 Å². The van der Waals surface area contributed by atoms with E-state index >= 15 is 0 Å². The van der Waals surface area contributed by atoms with Gasteiger partial charge in [-0.05, 0) is 83.5 Å². The maximum Gasteiger partial charge on any atom is 0.0737 e. The number of hydrogen-bond donors (Lipinski definition) is 3. The van der Waals surface area contributed by atoms with Gasteiger partial charge in [0.2, 0.25) is 0 Å². The van der Waals surface area contributed by atoms with Crippen molar-refractivity contribution < 1.29 is 0 Å². The van der Waals surface area contributed by atoms with E-state index in [1.165, 1.54) is 0 Å². The van der Waals surface area contributed by atoms with Crippen LogP contribution in [0.3, 0.4) is 0 Å². The summed E-state index contributed by atoms with van der Waals surface area (Å²) >= 11 is 0. The van der Waals surface area contributed by atoms with Crippen LogP contribution in [-0.2, 0) is 0 Å². The van der Waals surface area contributed by atoms with Gasteiger partial charge in [0, 0.05) is 38.9 Å². The third-order valence-electron chi connectivity index (χ3n) is 7.83. The second-order valence-electron chi connectivity index (χ2n) is 10.7. The summed E-state index contributed by atoms with van der Waals surface area (Å²) < 4.78 is 0. The minimum absolute atomic E-state index is 0.716. The molecule has 0 radical (unpaired) electrons. The van der Waals surface area contributed by atoms with Crippen LogP contribution >= 0.6 is 0 Å². The van der Waals surface area contributed by atoms with E-state index in [1.807, 2.05) is 42.5 Å². The summed E-state index contributed by atoms with van der Waals surface area (Å²) in [5, 5.41) is 0. The minimum Gasteiger partial charge on any atom is -0.399 e. The number of fused-ring (bicyclic) bond motifs is 8. The van der Waals surface area contributed by atoms with Crippen LogP contribution in [-0.4, -0.2) is 19.9 Å². The molecule has 2 aliphatic heterocycles. The first kappa shape index (κ1) is 24.8. The summed E-state index contributed by atoms with van der Waals surface area (Å²) in [6, 6.07) is 39.4. The van der Waals surface area contributed by atoms with E-state index in [0.29, 0.717) is 5.69 Å². The van der Waals surface area contributed by atoms with E-state index in [-0.39, 0.29) is 0 Å².